The first kappa shape index (κ1) is 21.7. The van der Waals surface area contributed by atoms with E-state index in [1.807, 2.05) is 6.92 Å². The molecule has 0 aliphatic carbocycles. The second-order valence-corrected chi connectivity index (χ2v) is 8.40. The van der Waals surface area contributed by atoms with Crippen LogP contribution in [0.2, 0.25) is 0 Å². The van der Waals surface area contributed by atoms with Gasteiger partial charge in [-0.2, -0.15) is 13.2 Å². The van der Waals surface area contributed by atoms with Crippen LogP contribution in [-0.2, 0) is 21.0 Å². The molecule has 2 rings (SSSR count). The molecular formula is C19H21F3N2O3S. The van der Waals surface area contributed by atoms with Crippen LogP contribution < -0.4 is 9.62 Å². The molecule has 1 amide bonds. The fourth-order valence-electron chi connectivity index (χ4n) is 2.75. The Bertz CT molecular complexity index is 988. The Balaban J connectivity index is 2.40. The van der Waals surface area contributed by atoms with Crippen LogP contribution in [0.25, 0.3) is 0 Å². The highest BCUT2D eigenvalue weighted by molar-refractivity contribution is 7.92. The van der Waals surface area contributed by atoms with Crippen molar-refractivity contribution in [2.24, 2.45) is 0 Å². The Morgan fingerprint density at radius 2 is 1.68 bits per heavy atom. The van der Waals surface area contributed by atoms with Crippen LogP contribution in [0.3, 0.4) is 0 Å². The fraction of sp³-hybridized carbons (Fsp3) is 0.316. The fourth-order valence-corrected chi connectivity index (χ4v) is 3.91. The third kappa shape index (κ3) is 4.83. The number of aryl methyl sites for hydroxylation is 2. The van der Waals surface area contributed by atoms with E-state index in [4.69, 9.17) is 0 Å². The number of nitrogens with one attached hydrogen (secondary N) is 1. The number of anilines is 2. The molecule has 1 N–H and O–H groups in total. The quantitative estimate of drug-likeness (QED) is 0.801. The Labute approximate surface area is 162 Å². The summed E-state index contributed by atoms with van der Waals surface area (Å²) in [4.78, 5) is 12.6. The minimum atomic E-state index is -4.66. The van der Waals surface area contributed by atoms with Crippen LogP contribution in [0.15, 0.2) is 42.5 Å². The van der Waals surface area contributed by atoms with E-state index in [0.29, 0.717) is 0 Å². The zero-order valence-corrected chi connectivity index (χ0v) is 16.6. The number of para-hydroxylation sites is 1. The number of carbonyl (C=O) groups excluding carboxylic acids is 1. The molecule has 0 saturated heterocycles. The number of alkyl halides is 3. The number of halogens is 3. The minimum absolute atomic E-state index is 0.261. The van der Waals surface area contributed by atoms with Crippen LogP contribution in [0.5, 0.6) is 0 Å². The number of carbonyl (C=O) groups is 1. The average molecular weight is 414 g/mol. The van der Waals surface area contributed by atoms with Gasteiger partial charge in [0, 0.05) is 0 Å². The van der Waals surface area contributed by atoms with Gasteiger partial charge in [-0.3, -0.25) is 9.10 Å². The number of sulfonamides is 1. The van der Waals surface area contributed by atoms with Gasteiger partial charge in [0.25, 0.3) is 0 Å². The van der Waals surface area contributed by atoms with Crippen LogP contribution in [0.1, 0.15) is 23.6 Å². The van der Waals surface area contributed by atoms with Crippen LogP contribution >= 0.6 is 0 Å². The summed E-state index contributed by atoms with van der Waals surface area (Å²) in [6, 6.07) is 8.14. The Morgan fingerprint density at radius 3 is 2.21 bits per heavy atom. The third-order valence-electron chi connectivity index (χ3n) is 4.32. The lowest BCUT2D eigenvalue weighted by Crippen LogP contribution is -2.45. The first-order valence-corrected chi connectivity index (χ1v) is 10.2. The van der Waals surface area contributed by atoms with Gasteiger partial charge in [0.1, 0.15) is 6.04 Å². The predicted molar refractivity (Wildman–Crippen MR) is 103 cm³/mol. The number of hydrogen-bond donors (Lipinski definition) is 1. The summed E-state index contributed by atoms with van der Waals surface area (Å²) in [6.07, 6.45) is -3.71. The molecule has 0 heterocycles. The lowest BCUT2D eigenvalue weighted by Gasteiger charge is -2.29. The van der Waals surface area contributed by atoms with Crippen molar-refractivity contribution in [1.82, 2.24) is 0 Å². The summed E-state index contributed by atoms with van der Waals surface area (Å²) in [5.41, 5.74) is 0.583. The van der Waals surface area contributed by atoms with E-state index in [-0.39, 0.29) is 5.69 Å². The molecule has 2 aromatic rings. The monoisotopic (exact) mass is 414 g/mol. The van der Waals surface area contributed by atoms with Gasteiger partial charge in [0.2, 0.25) is 15.9 Å². The average Bonchev–Trinajstić information content (AvgIpc) is 2.56. The summed E-state index contributed by atoms with van der Waals surface area (Å²) in [7, 11) is -3.87. The molecule has 0 saturated carbocycles. The molecule has 0 unspecified atom stereocenters. The van der Waals surface area contributed by atoms with Crippen molar-refractivity contribution in [3.05, 3.63) is 59.2 Å². The van der Waals surface area contributed by atoms with Crippen molar-refractivity contribution >= 4 is 27.3 Å². The standard InChI is InChI=1S/C19H21F3N2O3S/c1-12-9-10-15(11-13(12)2)24(28(4,26)27)14(3)18(25)23-17-8-6-5-7-16(17)19(20,21)22/h5-11,14H,1-4H3,(H,23,25)/t14-/m0/s1. The molecule has 152 valence electrons. The summed E-state index contributed by atoms with van der Waals surface area (Å²) < 4.78 is 64.9. The third-order valence-corrected chi connectivity index (χ3v) is 5.57. The lowest BCUT2D eigenvalue weighted by molar-refractivity contribution is -0.137. The number of benzene rings is 2. The van der Waals surface area contributed by atoms with Gasteiger partial charge in [-0.15, -0.1) is 0 Å². The Morgan fingerprint density at radius 1 is 1.07 bits per heavy atom. The van der Waals surface area contributed by atoms with Gasteiger partial charge >= 0.3 is 6.18 Å². The largest absolute Gasteiger partial charge is 0.418 e. The van der Waals surface area contributed by atoms with E-state index in [1.54, 1.807) is 25.1 Å². The van der Waals surface area contributed by atoms with Crippen molar-refractivity contribution < 1.29 is 26.4 Å². The maximum atomic E-state index is 13.1. The zero-order chi connectivity index (χ0) is 21.3. The first-order chi connectivity index (χ1) is 12.8. The molecule has 0 bridgehead atoms. The number of hydrogen-bond acceptors (Lipinski definition) is 3. The molecule has 0 spiro atoms. The van der Waals surface area contributed by atoms with Crippen molar-refractivity contribution in [2.75, 3.05) is 15.9 Å². The highest BCUT2D eigenvalue weighted by Crippen LogP contribution is 2.35. The SMILES string of the molecule is Cc1ccc(N([C@@H](C)C(=O)Nc2ccccc2C(F)(F)F)S(C)(=O)=O)cc1C. The maximum absolute atomic E-state index is 13.1. The normalized spacial score (nSPS) is 13.1. The molecule has 5 nitrogen and oxygen atoms in total. The summed E-state index contributed by atoms with van der Waals surface area (Å²) >= 11 is 0. The van der Waals surface area contributed by atoms with E-state index >= 15 is 0 Å². The Hall–Kier alpha value is -2.55. The van der Waals surface area contributed by atoms with Gasteiger partial charge in [0.05, 0.1) is 23.2 Å². The highest BCUT2D eigenvalue weighted by Gasteiger charge is 2.35. The summed E-state index contributed by atoms with van der Waals surface area (Å²) in [5.74, 6) is -0.875. The lowest BCUT2D eigenvalue weighted by atomic mass is 10.1. The smallest absolute Gasteiger partial charge is 0.324 e. The number of rotatable bonds is 5. The molecule has 0 aromatic heterocycles. The molecule has 28 heavy (non-hydrogen) atoms. The molecular weight excluding hydrogens is 393 g/mol. The van der Waals surface area contributed by atoms with Gasteiger partial charge in [-0.25, -0.2) is 8.42 Å². The van der Waals surface area contributed by atoms with E-state index in [1.165, 1.54) is 19.1 Å². The molecule has 9 heteroatoms. The molecule has 2 aromatic carbocycles. The van der Waals surface area contributed by atoms with Crippen LogP contribution in [0.4, 0.5) is 24.5 Å². The van der Waals surface area contributed by atoms with Crippen molar-refractivity contribution in [2.45, 2.75) is 33.0 Å². The molecule has 0 radical (unpaired) electrons. The molecule has 0 fully saturated rings. The van der Waals surface area contributed by atoms with E-state index in [9.17, 15) is 26.4 Å². The maximum Gasteiger partial charge on any atom is 0.418 e. The number of nitrogens with zero attached hydrogens (tertiary/aromatic N) is 1. The number of amides is 1. The zero-order valence-electron chi connectivity index (χ0n) is 15.8. The van der Waals surface area contributed by atoms with E-state index in [2.05, 4.69) is 5.32 Å². The van der Waals surface area contributed by atoms with Gasteiger partial charge in [-0.1, -0.05) is 18.2 Å². The van der Waals surface area contributed by atoms with Gasteiger partial charge < -0.3 is 5.32 Å². The van der Waals surface area contributed by atoms with Crippen molar-refractivity contribution in [1.29, 1.82) is 0 Å². The van der Waals surface area contributed by atoms with Crippen LogP contribution in [0, 0.1) is 13.8 Å². The second-order valence-electron chi connectivity index (χ2n) is 6.54. The van der Waals surface area contributed by atoms with Crippen LogP contribution in [-0.4, -0.2) is 26.6 Å². The highest BCUT2D eigenvalue weighted by atomic mass is 32.2. The predicted octanol–water partition coefficient (Wildman–Crippen LogP) is 4.12. The summed E-state index contributed by atoms with van der Waals surface area (Å²) in [6.45, 7) is 4.97. The van der Waals surface area contributed by atoms with E-state index < -0.39 is 39.4 Å². The van der Waals surface area contributed by atoms with E-state index in [0.717, 1.165) is 33.8 Å². The first-order valence-electron chi connectivity index (χ1n) is 8.36. The molecule has 0 aliphatic rings. The van der Waals surface area contributed by atoms with Gasteiger partial charge in [0.15, 0.2) is 0 Å². The molecule has 1 atom stereocenters. The second kappa shape index (κ2) is 7.83. The van der Waals surface area contributed by atoms with Crippen molar-refractivity contribution in [3.63, 3.8) is 0 Å². The van der Waals surface area contributed by atoms with Crippen molar-refractivity contribution in [3.8, 4) is 0 Å². The molecule has 0 aliphatic heterocycles. The Kier molecular flexibility index (Phi) is 6.08. The summed E-state index contributed by atoms with van der Waals surface area (Å²) in [5, 5.41) is 2.20. The van der Waals surface area contributed by atoms with Gasteiger partial charge in [-0.05, 0) is 56.2 Å². The minimum Gasteiger partial charge on any atom is -0.324 e. The topological polar surface area (TPSA) is 66.5 Å².